The number of methoxy groups -OCH3 is 2. The lowest BCUT2D eigenvalue weighted by Gasteiger charge is -2.09. The molecule has 0 unspecified atom stereocenters. The molecule has 3 aromatic rings. The van der Waals surface area contributed by atoms with Crippen molar-refractivity contribution in [2.45, 2.75) is 0 Å². The summed E-state index contributed by atoms with van der Waals surface area (Å²) in [6.07, 6.45) is 1.57. The average Bonchev–Trinajstić information content (AvgIpc) is 3.09. The first kappa shape index (κ1) is 20.2. The first-order valence-electron chi connectivity index (χ1n) is 8.55. The molecule has 3 rings (SSSR count). The SMILES string of the molecule is COc1ccc(NC(=O)c2ccc(NC(=O)c3cn(C)nc3OC)cc2)cc1Cl. The van der Waals surface area contributed by atoms with Crippen LogP contribution in [0, 0.1) is 0 Å². The fourth-order valence-electron chi connectivity index (χ4n) is 2.63. The van der Waals surface area contributed by atoms with E-state index in [-0.39, 0.29) is 17.7 Å². The van der Waals surface area contributed by atoms with Crippen molar-refractivity contribution in [1.82, 2.24) is 9.78 Å². The van der Waals surface area contributed by atoms with Crippen LogP contribution in [0.15, 0.2) is 48.7 Å². The second-order valence-corrected chi connectivity index (χ2v) is 6.47. The summed E-state index contributed by atoms with van der Waals surface area (Å²) in [5.41, 5.74) is 1.81. The molecule has 0 bridgehead atoms. The number of hydrogen-bond donors (Lipinski definition) is 2. The van der Waals surface area contributed by atoms with E-state index in [0.29, 0.717) is 33.3 Å². The molecule has 8 nitrogen and oxygen atoms in total. The smallest absolute Gasteiger partial charge is 0.262 e. The highest BCUT2D eigenvalue weighted by Gasteiger charge is 2.16. The molecule has 0 atom stereocenters. The number of hydrogen-bond acceptors (Lipinski definition) is 5. The van der Waals surface area contributed by atoms with Crippen LogP contribution in [0.3, 0.4) is 0 Å². The Morgan fingerprint density at radius 3 is 2.24 bits per heavy atom. The van der Waals surface area contributed by atoms with E-state index in [9.17, 15) is 9.59 Å². The fraction of sp³-hybridized carbons (Fsp3) is 0.150. The number of carbonyl (C=O) groups excluding carboxylic acids is 2. The van der Waals surface area contributed by atoms with E-state index in [4.69, 9.17) is 21.1 Å². The highest BCUT2D eigenvalue weighted by atomic mass is 35.5. The van der Waals surface area contributed by atoms with Crippen molar-refractivity contribution in [2.24, 2.45) is 7.05 Å². The summed E-state index contributed by atoms with van der Waals surface area (Å²) in [7, 11) is 4.66. The Kier molecular flexibility index (Phi) is 6.04. The normalized spacial score (nSPS) is 10.3. The molecule has 2 N–H and O–H groups in total. The van der Waals surface area contributed by atoms with Gasteiger partial charge in [0.1, 0.15) is 11.3 Å². The summed E-state index contributed by atoms with van der Waals surface area (Å²) in [6, 6.07) is 11.5. The molecule has 0 aliphatic rings. The number of anilines is 2. The number of carbonyl (C=O) groups is 2. The lowest BCUT2D eigenvalue weighted by Crippen LogP contribution is -2.14. The van der Waals surface area contributed by atoms with Gasteiger partial charge in [0.15, 0.2) is 0 Å². The standard InChI is InChI=1S/C20H19ClN4O4/c1-25-11-15(20(24-25)29-3)19(27)22-13-6-4-12(5-7-13)18(26)23-14-8-9-17(28-2)16(21)10-14/h4-11H,1-3H3,(H,22,27)(H,23,26). The van der Waals surface area contributed by atoms with E-state index >= 15 is 0 Å². The molecule has 29 heavy (non-hydrogen) atoms. The molecule has 0 saturated heterocycles. The lowest BCUT2D eigenvalue weighted by atomic mass is 10.2. The van der Waals surface area contributed by atoms with E-state index in [1.807, 2.05) is 0 Å². The molecule has 150 valence electrons. The average molecular weight is 415 g/mol. The van der Waals surface area contributed by atoms with Gasteiger partial charge in [0.25, 0.3) is 11.8 Å². The van der Waals surface area contributed by atoms with Gasteiger partial charge in [0.05, 0.1) is 19.2 Å². The Labute approximate surface area is 172 Å². The van der Waals surface area contributed by atoms with Crippen LogP contribution >= 0.6 is 11.6 Å². The molecule has 0 radical (unpaired) electrons. The highest BCUT2D eigenvalue weighted by Crippen LogP contribution is 2.27. The molecule has 0 saturated carbocycles. The van der Waals surface area contributed by atoms with Crippen LogP contribution in [0.1, 0.15) is 20.7 Å². The number of aryl methyl sites for hydroxylation is 1. The predicted molar refractivity (Wildman–Crippen MR) is 110 cm³/mol. The van der Waals surface area contributed by atoms with E-state index < -0.39 is 0 Å². The maximum Gasteiger partial charge on any atom is 0.262 e. The number of rotatable bonds is 6. The van der Waals surface area contributed by atoms with Gasteiger partial charge in [-0.1, -0.05) is 11.6 Å². The topological polar surface area (TPSA) is 94.5 Å². The molecule has 0 aliphatic carbocycles. The Morgan fingerprint density at radius 2 is 1.62 bits per heavy atom. The third kappa shape index (κ3) is 4.67. The van der Waals surface area contributed by atoms with Crippen molar-refractivity contribution in [1.29, 1.82) is 0 Å². The largest absolute Gasteiger partial charge is 0.495 e. The number of halogens is 1. The summed E-state index contributed by atoms with van der Waals surface area (Å²) in [5, 5.41) is 9.95. The zero-order valence-electron chi connectivity index (χ0n) is 16.0. The monoisotopic (exact) mass is 414 g/mol. The van der Waals surface area contributed by atoms with Crippen molar-refractivity contribution < 1.29 is 19.1 Å². The summed E-state index contributed by atoms with van der Waals surface area (Å²) < 4.78 is 11.7. The summed E-state index contributed by atoms with van der Waals surface area (Å²) >= 11 is 6.07. The van der Waals surface area contributed by atoms with Crippen LogP contribution in [0.25, 0.3) is 0 Å². The van der Waals surface area contributed by atoms with Gasteiger partial charge >= 0.3 is 0 Å². The van der Waals surface area contributed by atoms with Crippen LogP contribution < -0.4 is 20.1 Å². The Morgan fingerprint density at radius 1 is 0.966 bits per heavy atom. The van der Waals surface area contributed by atoms with Gasteiger partial charge in [0.2, 0.25) is 5.88 Å². The van der Waals surface area contributed by atoms with Crippen LogP contribution in [-0.2, 0) is 7.05 Å². The molecule has 1 heterocycles. The van der Waals surface area contributed by atoms with Crippen molar-refractivity contribution in [3.8, 4) is 11.6 Å². The summed E-state index contributed by atoms with van der Waals surface area (Å²) in [6.45, 7) is 0. The Balaban J connectivity index is 1.67. The van der Waals surface area contributed by atoms with Gasteiger partial charge in [-0.2, -0.15) is 0 Å². The predicted octanol–water partition coefficient (Wildman–Crippen LogP) is 3.60. The zero-order valence-corrected chi connectivity index (χ0v) is 16.8. The second-order valence-electron chi connectivity index (χ2n) is 6.06. The minimum Gasteiger partial charge on any atom is -0.495 e. The minimum atomic E-state index is -0.361. The first-order valence-corrected chi connectivity index (χ1v) is 8.93. The van der Waals surface area contributed by atoms with Crippen molar-refractivity contribution >= 4 is 34.8 Å². The summed E-state index contributed by atoms with van der Waals surface area (Å²) in [4.78, 5) is 24.8. The highest BCUT2D eigenvalue weighted by molar-refractivity contribution is 6.32. The number of benzene rings is 2. The maximum atomic E-state index is 12.4. The van der Waals surface area contributed by atoms with Crippen LogP contribution in [-0.4, -0.2) is 35.8 Å². The third-order valence-corrected chi connectivity index (χ3v) is 4.34. The molecular formula is C20H19ClN4O4. The first-order chi connectivity index (χ1) is 13.9. The molecule has 9 heteroatoms. The van der Waals surface area contributed by atoms with Crippen LogP contribution in [0.4, 0.5) is 11.4 Å². The van der Waals surface area contributed by atoms with Gasteiger partial charge in [-0.15, -0.1) is 5.10 Å². The van der Waals surface area contributed by atoms with Crippen LogP contribution in [0.5, 0.6) is 11.6 Å². The van der Waals surface area contributed by atoms with Gasteiger partial charge < -0.3 is 20.1 Å². The quantitative estimate of drug-likeness (QED) is 0.642. The molecule has 2 amide bonds. The van der Waals surface area contributed by atoms with Gasteiger partial charge in [-0.05, 0) is 42.5 Å². The van der Waals surface area contributed by atoms with E-state index in [1.54, 1.807) is 55.7 Å². The van der Waals surface area contributed by atoms with Gasteiger partial charge in [-0.25, -0.2) is 0 Å². The molecule has 0 spiro atoms. The van der Waals surface area contributed by atoms with E-state index in [2.05, 4.69) is 15.7 Å². The second kappa shape index (κ2) is 8.66. The van der Waals surface area contributed by atoms with Crippen molar-refractivity contribution in [2.75, 3.05) is 24.9 Å². The van der Waals surface area contributed by atoms with Gasteiger partial charge in [-0.3, -0.25) is 14.3 Å². The zero-order chi connectivity index (χ0) is 21.0. The number of amides is 2. The Bertz CT molecular complexity index is 1050. The molecule has 0 aliphatic heterocycles. The summed E-state index contributed by atoms with van der Waals surface area (Å²) in [5.74, 6) is 0.0900. The third-order valence-electron chi connectivity index (χ3n) is 4.05. The number of nitrogens with zero attached hydrogens (tertiary/aromatic N) is 2. The molecular weight excluding hydrogens is 396 g/mol. The number of nitrogens with one attached hydrogen (secondary N) is 2. The number of ether oxygens (including phenoxy) is 2. The Hall–Kier alpha value is -3.52. The van der Waals surface area contributed by atoms with Crippen molar-refractivity contribution in [3.63, 3.8) is 0 Å². The van der Waals surface area contributed by atoms with Crippen molar-refractivity contribution in [3.05, 3.63) is 64.8 Å². The molecule has 1 aromatic heterocycles. The van der Waals surface area contributed by atoms with Crippen LogP contribution in [0.2, 0.25) is 5.02 Å². The van der Waals surface area contributed by atoms with E-state index in [1.165, 1.54) is 18.9 Å². The molecule has 0 fully saturated rings. The van der Waals surface area contributed by atoms with Gasteiger partial charge in [0, 0.05) is 30.2 Å². The minimum absolute atomic E-state index is 0.235. The van der Waals surface area contributed by atoms with E-state index in [0.717, 1.165) is 0 Å². The lowest BCUT2D eigenvalue weighted by molar-refractivity contribution is 0.101. The number of aromatic nitrogens is 2. The maximum absolute atomic E-state index is 12.4. The molecule has 2 aromatic carbocycles. The fourth-order valence-corrected chi connectivity index (χ4v) is 2.88.